The minimum absolute atomic E-state index is 0.485. The third-order valence-corrected chi connectivity index (χ3v) is 2.28. The number of nitrogens with zero attached hydrogens (tertiary/aromatic N) is 2. The summed E-state index contributed by atoms with van der Waals surface area (Å²) < 4.78 is 7.16. The summed E-state index contributed by atoms with van der Waals surface area (Å²) in [6.45, 7) is 7.92. The Morgan fingerprint density at radius 3 is 2.93 bits per heavy atom. The Bertz CT molecular complexity index is 271. The number of hydrogen-bond acceptors (Lipinski definition) is 3. The molecule has 0 amide bonds. The summed E-state index contributed by atoms with van der Waals surface area (Å²) in [6.07, 6.45) is 3.90. The van der Waals surface area contributed by atoms with Gasteiger partial charge >= 0.3 is 0 Å². The lowest BCUT2D eigenvalue weighted by atomic mass is 10.2. The molecule has 1 heterocycles. The van der Waals surface area contributed by atoms with Gasteiger partial charge in [0.15, 0.2) is 0 Å². The molecule has 0 saturated carbocycles. The maximum absolute atomic E-state index is 4.96. The minimum atomic E-state index is 0.485. The summed E-state index contributed by atoms with van der Waals surface area (Å²) in [5.41, 5.74) is 0. The molecule has 0 atom stereocenters. The summed E-state index contributed by atoms with van der Waals surface area (Å²) in [5.74, 6) is 1.64. The zero-order chi connectivity index (χ0) is 11.1. The standard InChI is InChI=1S/C11H21N3O/c1-10(2)11-13-5-8-14(11)7-4-12-6-9-15-3/h5,8,10,12H,4,6-7,9H2,1-3H3. The van der Waals surface area contributed by atoms with Crippen molar-refractivity contribution >= 4 is 0 Å². The smallest absolute Gasteiger partial charge is 0.111 e. The molecular formula is C11H21N3O. The van der Waals surface area contributed by atoms with E-state index in [1.165, 1.54) is 0 Å². The first-order chi connectivity index (χ1) is 7.25. The van der Waals surface area contributed by atoms with Gasteiger partial charge in [-0.05, 0) is 0 Å². The van der Waals surface area contributed by atoms with Crippen molar-refractivity contribution in [2.45, 2.75) is 26.3 Å². The van der Waals surface area contributed by atoms with Gasteiger partial charge in [-0.15, -0.1) is 0 Å². The lowest BCUT2D eigenvalue weighted by molar-refractivity contribution is 0.199. The van der Waals surface area contributed by atoms with Crippen LogP contribution in [0.25, 0.3) is 0 Å². The van der Waals surface area contributed by atoms with Crippen molar-refractivity contribution in [3.8, 4) is 0 Å². The Labute approximate surface area is 91.7 Å². The molecule has 4 heteroatoms. The molecule has 1 rings (SSSR count). The number of methoxy groups -OCH3 is 1. The van der Waals surface area contributed by atoms with E-state index >= 15 is 0 Å². The monoisotopic (exact) mass is 211 g/mol. The number of aromatic nitrogens is 2. The van der Waals surface area contributed by atoms with Crippen molar-refractivity contribution in [1.82, 2.24) is 14.9 Å². The fraction of sp³-hybridized carbons (Fsp3) is 0.727. The second-order valence-corrected chi connectivity index (χ2v) is 3.88. The molecule has 86 valence electrons. The number of rotatable bonds is 7. The lowest BCUT2D eigenvalue weighted by Gasteiger charge is -2.10. The molecule has 0 unspecified atom stereocenters. The van der Waals surface area contributed by atoms with Gasteiger partial charge in [0.2, 0.25) is 0 Å². The van der Waals surface area contributed by atoms with Crippen molar-refractivity contribution in [3.63, 3.8) is 0 Å². The largest absolute Gasteiger partial charge is 0.383 e. The van der Waals surface area contributed by atoms with Gasteiger partial charge in [-0.3, -0.25) is 0 Å². The van der Waals surface area contributed by atoms with E-state index in [-0.39, 0.29) is 0 Å². The highest BCUT2D eigenvalue weighted by Gasteiger charge is 2.05. The molecule has 1 aromatic heterocycles. The highest BCUT2D eigenvalue weighted by Crippen LogP contribution is 2.10. The van der Waals surface area contributed by atoms with Crippen molar-refractivity contribution in [3.05, 3.63) is 18.2 Å². The summed E-state index contributed by atoms with van der Waals surface area (Å²) in [4.78, 5) is 4.34. The van der Waals surface area contributed by atoms with Crippen molar-refractivity contribution in [2.24, 2.45) is 0 Å². The zero-order valence-corrected chi connectivity index (χ0v) is 9.86. The number of ether oxygens (including phenoxy) is 1. The fourth-order valence-electron chi connectivity index (χ4n) is 1.51. The first-order valence-corrected chi connectivity index (χ1v) is 5.46. The highest BCUT2D eigenvalue weighted by molar-refractivity contribution is 4.97. The van der Waals surface area contributed by atoms with Crippen LogP contribution in [0.1, 0.15) is 25.6 Å². The van der Waals surface area contributed by atoms with E-state index in [2.05, 4.69) is 28.7 Å². The number of hydrogen-bond donors (Lipinski definition) is 1. The van der Waals surface area contributed by atoms with E-state index in [1.807, 2.05) is 12.4 Å². The second-order valence-electron chi connectivity index (χ2n) is 3.88. The Morgan fingerprint density at radius 1 is 1.47 bits per heavy atom. The molecule has 0 aliphatic heterocycles. The van der Waals surface area contributed by atoms with Gasteiger partial charge in [0.25, 0.3) is 0 Å². The van der Waals surface area contributed by atoms with E-state index in [0.717, 1.165) is 32.1 Å². The molecule has 0 aliphatic carbocycles. The van der Waals surface area contributed by atoms with Crippen molar-refractivity contribution < 1.29 is 4.74 Å². The Kier molecular flexibility index (Phi) is 5.36. The van der Waals surface area contributed by atoms with Crippen LogP contribution in [-0.2, 0) is 11.3 Å². The molecule has 15 heavy (non-hydrogen) atoms. The number of imidazole rings is 1. The van der Waals surface area contributed by atoms with E-state index in [4.69, 9.17) is 4.74 Å². The van der Waals surface area contributed by atoms with Crippen LogP contribution in [0.5, 0.6) is 0 Å². The van der Waals surface area contributed by atoms with E-state index < -0.39 is 0 Å². The molecule has 1 aromatic rings. The first-order valence-electron chi connectivity index (χ1n) is 5.46. The normalized spacial score (nSPS) is 11.2. The molecule has 0 aliphatic rings. The van der Waals surface area contributed by atoms with Gasteiger partial charge < -0.3 is 14.6 Å². The third-order valence-electron chi connectivity index (χ3n) is 2.28. The molecule has 0 bridgehead atoms. The van der Waals surface area contributed by atoms with Gasteiger partial charge in [-0.25, -0.2) is 4.98 Å². The van der Waals surface area contributed by atoms with Gasteiger partial charge in [-0.1, -0.05) is 13.8 Å². The highest BCUT2D eigenvalue weighted by atomic mass is 16.5. The number of nitrogens with one attached hydrogen (secondary N) is 1. The first kappa shape index (κ1) is 12.2. The summed E-state index contributed by atoms with van der Waals surface area (Å²) in [6, 6.07) is 0. The molecule has 0 fully saturated rings. The predicted molar refractivity (Wildman–Crippen MR) is 61.1 cm³/mol. The molecule has 1 N–H and O–H groups in total. The van der Waals surface area contributed by atoms with Gasteiger partial charge in [0.05, 0.1) is 6.61 Å². The van der Waals surface area contributed by atoms with Crippen molar-refractivity contribution in [1.29, 1.82) is 0 Å². The van der Waals surface area contributed by atoms with Crippen LogP contribution in [0.2, 0.25) is 0 Å². The van der Waals surface area contributed by atoms with Crippen LogP contribution in [0.4, 0.5) is 0 Å². The zero-order valence-electron chi connectivity index (χ0n) is 9.86. The van der Waals surface area contributed by atoms with Gasteiger partial charge in [-0.2, -0.15) is 0 Å². The van der Waals surface area contributed by atoms with Gasteiger partial charge in [0, 0.05) is 45.1 Å². The van der Waals surface area contributed by atoms with E-state index in [0.29, 0.717) is 5.92 Å². The Morgan fingerprint density at radius 2 is 2.27 bits per heavy atom. The second kappa shape index (κ2) is 6.58. The van der Waals surface area contributed by atoms with Crippen LogP contribution < -0.4 is 5.32 Å². The average Bonchev–Trinajstić information content (AvgIpc) is 2.66. The van der Waals surface area contributed by atoms with Crippen molar-refractivity contribution in [2.75, 3.05) is 26.8 Å². The quantitative estimate of drug-likeness (QED) is 0.690. The fourth-order valence-corrected chi connectivity index (χ4v) is 1.51. The molecular weight excluding hydrogens is 190 g/mol. The molecule has 0 spiro atoms. The average molecular weight is 211 g/mol. The third kappa shape index (κ3) is 4.01. The lowest BCUT2D eigenvalue weighted by Crippen LogP contribution is -2.24. The van der Waals surface area contributed by atoms with Crippen LogP contribution >= 0.6 is 0 Å². The van der Waals surface area contributed by atoms with Crippen LogP contribution in [0.3, 0.4) is 0 Å². The predicted octanol–water partition coefficient (Wildman–Crippen LogP) is 1.24. The van der Waals surface area contributed by atoms with Gasteiger partial charge in [0.1, 0.15) is 5.82 Å². The SMILES string of the molecule is COCCNCCn1ccnc1C(C)C. The van der Waals surface area contributed by atoms with Crippen LogP contribution in [0.15, 0.2) is 12.4 Å². The molecule has 0 radical (unpaired) electrons. The van der Waals surface area contributed by atoms with E-state index in [9.17, 15) is 0 Å². The maximum atomic E-state index is 4.96. The molecule has 0 aromatic carbocycles. The topological polar surface area (TPSA) is 39.1 Å². The maximum Gasteiger partial charge on any atom is 0.111 e. The van der Waals surface area contributed by atoms with Crippen LogP contribution in [-0.4, -0.2) is 36.4 Å². The Hall–Kier alpha value is -0.870. The van der Waals surface area contributed by atoms with E-state index in [1.54, 1.807) is 7.11 Å². The summed E-state index contributed by atoms with van der Waals surface area (Å²) in [5, 5.41) is 3.32. The van der Waals surface area contributed by atoms with Crippen LogP contribution in [0, 0.1) is 0 Å². The summed E-state index contributed by atoms with van der Waals surface area (Å²) >= 11 is 0. The Balaban J connectivity index is 2.28. The molecule has 0 saturated heterocycles. The molecule has 4 nitrogen and oxygen atoms in total. The minimum Gasteiger partial charge on any atom is -0.383 e. The summed E-state index contributed by atoms with van der Waals surface area (Å²) in [7, 11) is 1.72.